The number of unbranched alkanes of at least 4 members (excludes halogenated alkanes) is 3. The van der Waals surface area contributed by atoms with Crippen molar-refractivity contribution in [2.45, 2.75) is 103 Å². The largest absolute Gasteiger partial charge is 0.481 e. The molecular formula is C25H40N2O12. The third-order valence-electron chi connectivity index (χ3n) is 5.54. The second-order valence-corrected chi connectivity index (χ2v) is 9.10. The molecule has 2 amide bonds. The Morgan fingerprint density at radius 1 is 0.795 bits per heavy atom. The molecule has 0 aliphatic carbocycles. The predicted octanol–water partition coefficient (Wildman–Crippen LogP) is 0.591. The van der Waals surface area contributed by atoms with E-state index in [2.05, 4.69) is 10.6 Å². The highest BCUT2D eigenvalue weighted by Crippen LogP contribution is 2.28. The van der Waals surface area contributed by atoms with Crippen LogP contribution in [0.2, 0.25) is 0 Å². The second-order valence-electron chi connectivity index (χ2n) is 9.10. The Balaban J connectivity index is 2.73. The van der Waals surface area contributed by atoms with Crippen LogP contribution in [0.5, 0.6) is 0 Å². The van der Waals surface area contributed by atoms with E-state index < -0.39 is 60.4 Å². The lowest BCUT2D eigenvalue weighted by molar-refractivity contribution is -0.277. The van der Waals surface area contributed by atoms with Crippen molar-refractivity contribution < 1.29 is 57.6 Å². The van der Waals surface area contributed by atoms with Gasteiger partial charge < -0.3 is 39.4 Å². The Hall–Kier alpha value is -3.26. The zero-order valence-corrected chi connectivity index (χ0v) is 22.9. The van der Waals surface area contributed by atoms with Crippen molar-refractivity contribution in [2.24, 2.45) is 0 Å². The minimum atomic E-state index is -1.20. The van der Waals surface area contributed by atoms with E-state index in [0.29, 0.717) is 38.6 Å². The lowest BCUT2D eigenvalue weighted by Gasteiger charge is -2.44. The highest BCUT2D eigenvalue weighted by Gasteiger charge is 2.51. The van der Waals surface area contributed by atoms with Crippen LogP contribution in [0.3, 0.4) is 0 Å². The number of aliphatic carboxylic acids is 1. The van der Waals surface area contributed by atoms with Gasteiger partial charge in [0.15, 0.2) is 18.5 Å². The van der Waals surface area contributed by atoms with Gasteiger partial charge in [-0.3, -0.25) is 28.8 Å². The maximum atomic E-state index is 12.0. The number of rotatable bonds is 17. The molecule has 14 nitrogen and oxygen atoms in total. The minimum absolute atomic E-state index is 0.109. The normalized spacial score (nSPS) is 22.3. The summed E-state index contributed by atoms with van der Waals surface area (Å²) in [7, 11) is 0. The van der Waals surface area contributed by atoms with Gasteiger partial charge in [-0.1, -0.05) is 6.42 Å². The topological polar surface area (TPSA) is 193 Å². The van der Waals surface area contributed by atoms with Gasteiger partial charge in [0.25, 0.3) is 0 Å². The van der Waals surface area contributed by atoms with E-state index in [4.69, 9.17) is 28.8 Å². The zero-order chi connectivity index (χ0) is 29.4. The van der Waals surface area contributed by atoms with Crippen molar-refractivity contribution in [3.8, 4) is 0 Å². The fourth-order valence-corrected chi connectivity index (χ4v) is 3.91. The summed E-state index contributed by atoms with van der Waals surface area (Å²) in [5, 5.41) is 14.0. The number of carboxylic acids is 1. The van der Waals surface area contributed by atoms with Crippen molar-refractivity contribution in [2.75, 3.05) is 19.8 Å². The summed E-state index contributed by atoms with van der Waals surface area (Å²) in [6.07, 6.45) is -1.33. The van der Waals surface area contributed by atoms with E-state index >= 15 is 0 Å². The molecule has 1 heterocycles. The van der Waals surface area contributed by atoms with Crippen molar-refractivity contribution >= 4 is 35.7 Å². The Labute approximate surface area is 227 Å². The fraction of sp³-hybridized carbons (Fsp3) is 0.760. The summed E-state index contributed by atoms with van der Waals surface area (Å²) in [6.45, 7) is 5.01. The van der Waals surface area contributed by atoms with Crippen LogP contribution in [-0.2, 0) is 52.5 Å². The number of hydrogen-bond acceptors (Lipinski definition) is 11. The molecule has 1 aliphatic rings. The van der Waals surface area contributed by atoms with E-state index in [9.17, 15) is 28.8 Å². The first-order valence-electron chi connectivity index (χ1n) is 12.9. The summed E-state index contributed by atoms with van der Waals surface area (Å²) >= 11 is 0. The lowest BCUT2D eigenvalue weighted by atomic mass is 9.96. The molecule has 3 N–H and O–H groups in total. The van der Waals surface area contributed by atoms with Crippen molar-refractivity contribution in [1.82, 2.24) is 10.6 Å². The van der Waals surface area contributed by atoms with Crippen LogP contribution in [0, 0.1) is 0 Å². The molecule has 1 rings (SSSR count). The van der Waals surface area contributed by atoms with Crippen LogP contribution >= 0.6 is 0 Å². The molecule has 0 aromatic rings. The average molecular weight is 561 g/mol. The average Bonchev–Trinajstić information content (AvgIpc) is 2.82. The van der Waals surface area contributed by atoms with Crippen LogP contribution < -0.4 is 10.6 Å². The number of esters is 3. The van der Waals surface area contributed by atoms with E-state index in [1.165, 1.54) is 13.8 Å². The number of nitrogens with one attached hydrogen (secondary N) is 2. The van der Waals surface area contributed by atoms with Gasteiger partial charge in [-0.25, -0.2) is 0 Å². The quantitative estimate of drug-likeness (QED) is 0.128. The maximum Gasteiger partial charge on any atom is 0.303 e. The first kappa shape index (κ1) is 33.8. The Morgan fingerprint density at radius 3 is 2.03 bits per heavy atom. The molecule has 0 spiro atoms. The van der Waals surface area contributed by atoms with Gasteiger partial charge in [-0.15, -0.1) is 0 Å². The highest BCUT2D eigenvalue weighted by molar-refractivity contribution is 5.75. The number of carbonyl (C=O) groups excluding carboxylic acids is 5. The number of carboxylic acid groups (broad SMARTS) is 1. The molecule has 5 unspecified atom stereocenters. The fourth-order valence-electron chi connectivity index (χ4n) is 3.91. The number of amides is 2. The summed E-state index contributed by atoms with van der Waals surface area (Å²) in [5.41, 5.74) is 0. The molecule has 0 aromatic heterocycles. The summed E-state index contributed by atoms with van der Waals surface area (Å²) in [6, 6.07) is -1.05. The SMILES string of the molecule is CC(=O)NC1C(OCCCCC(=O)NCCCCCC(=O)O)OC(COC(C)=O)C(OC(C)=O)C1OC(C)=O. The molecule has 1 fully saturated rings. The molecule has 0 bridgehead atoms. The summed E-state index contributed by atoms with van der Waals surface area (Å²) in [4.78, 5) is 69.5. The van der Waals surface area contributed by atoms with E-state index in [-0.39, 0.29) is 32.0 Å². The summed E-state index contributed by atoms with van der Waals surface area (Å²) in [5.74, 6) is -3.47. The maximum absolute atomic E-state index is 12.0. The second kappa shape index (κ2) is 18.1. The number of ether oxygens (including phenoxy) is 5. The third kappa shape index (κ3) is 14.5. The van der Waals surface area contributed by atoms with Gasteiger partial charge in [-0.2, -0.15) is 0 Å². The van der Waals surface area contributed by atoms with Crippen LogP contribution in [0.1, 0.15) is 72.6 Å². The minimum Gasteiger partial charge on any atom is -0.481 e. The number of carbonyl (C=O) groups is 6. The Bertz CT molecular complexity index is 849. The van der Waals surface area contributed by atoms with Crippen molar-refractivity contribution in [3.63, 3.8) is 0 Å². The molecule has 0 aromatic carbocycles. The molecule has 1 saturated heterocycles. The van der Waals surface area contributed by atoms with Gasteiger partial charge in [0, 0.05) is 53.7 Å². The van der Waals surface area contributed by atoms with Crippen LogP contribution in [-0.4, -0.2) is 91.2 Å². The van der Waals surface area contributed by atoms with Crippen molar-refractivity contribution in [3.05, 3.63) is 0 Å². The van der Waals surface area contributed by atoms with E-state index in [1.54, 1.807) is 0 Å². The molecule has 39 heavy (non-hydrogen) atoms. The van der Waals surface area contributed by atoms with Crippen LogP contribution in [0.15, 0.2) is 0 Å². The molecule has 222 valence electrons. The summed E-state index contributed by atoms with van der Waals surface area (Å²) < 4.78 is 27.5. The zero-order valence-electron chi connectivity index (χ0n) is 22.9. The lowest BCUT2D eigenvalue weighted by Crippen LogP contribution is -2.66. The Kier molecular flexibility index (Phi) is 15.7. The molecular weight excluding hydrogens is 520 g/mol. The van der Waals surface area contributed by atoms with Crippen molar-refractivity contribution in [1.29, 1.82) is 0 Å². The molecule has 0 radical (unpaired) electrons. The van der Waals surface area contributed by atoms with Gasteiger partial charge >= 0.3 is 23.9 Å². The van der Waals surface area contributed by atoms with Gasteiger partial charge in [0.2, 0.25) is 11.8 Å². The first-order valence-corrected chi connectivity index (χ1v) is 12.9. The van der Waals surface area contributed by atoms with E-state index in [0.717, 1.165) is 13.8 Å². The smallest absolute Gasteiger partial charge is 0.303 e. The highest BCUT2D eigenvalue weighted by atomic mass is 16.7. The number of hydrogen-bond donors (Lipinski definition) is 3. The standard InChI is InChI=1S/C25H40N2O12/c1-15(28)27-22-24(38-18(4)31)23(37-17(3)30)19(14-36-16(2)29)39-25(22)35-13-9-7-10-20(32)26-12-8-5-6-11-21(33)34/h19,22-25H,5-14H2,1-4H3,(H,26,32)(H,27,28)(H,33,34). The Morgan fingerprint density at radius 2 is 1.44 bits per heavy atom. The monoisotopic (exact) mass is 560 g/mol. The predicted molar refractivity (Wildman–Crippen MR) is 133 cm³/mol. The van der Waals surface area contributed by atoms with E-state index in [1.807, 2.05) is 0 Å². The van der Waals surface area contributed by atoms with Crippen LogP contribution in [0.4, 0.5) is 0 Å². The molecule has 0 saturated carbocycles. The third-order valence-corrected chi connectivity index (χ3v) is 5.54. The first-order chi connectivity index (χ1) is 18.4. The van der Waals surface area contributed by atoms with Gasteiger partial charge in [-0.05, 0) is 25.7 Å². The molecule has 1 aliphatic heterocycles. The van der Waals surface area contributed by atoms with Gasteiger partial charge in [0.1, 0.15) is 18.8 Å². The molecule has 14 heteroatoms. The van der Waals surface area contributed by atoms with Gasteiger partial charge in [0.05, 0.1) is 0 Å². The molecule has 5 atom stereocenters. The van der Waals surface area contributed by atoms with Crippen LogP contribution in [0.25, 0.3) is 0 Å².